The molecule has 1 saturated heterocycles. The number of methoxy groups -OCH3 is 1. The summed E-state index contributed by atoms with van der Waals surface area (Å²) in [7, 11) is 1.42. The van der Waals surface area contributed by atoms with Crippen molar-refractivity contribution in [3.05, 3.63) is 58.8 Å². The fourth-order valence-corrected chi connectivity index (χ4v) is 5.10. The third-order valence-electron chi connectivity index (χ3n) is 7.31. The van der Waals surface area contributed by atoms with Crippen LogP contribution < -0.4 is 20.3 Å². The van der Waals surface area contributed by atoms with Gasteiger partial charge in [-0.15, -0.1) is 0 Å². The topological polar surface area (TPSA) is 99.6 Å². The summed E-state index contributed by atoms with van der Waals surface area (Å²) in [6, 6.07) is 6.26. The van der Waals surface area contributed by atoms with Crippen molar-refractivity contribution in [3.63, 3.8) is 0 Å². The van der Waals surface area contributed by atoms with E-state index in [1.165, 1.54) is 13.2 Å². The maximum absolute atomic E-state index is 13.9. The molecular formula is C28H34FN5O3. The number of halogens is 1. The summed E-state index contributed by atoms with van der Waals surface area (Å²) in [5.41, 5.74) is 4.84. The highest BCUT2D eigenvalue weighted by atomic mass is 19.1. The molecular weight excluding hydrogens is 473 g/mol. The second-order valence-corrected chi connectivity index (χ2v) is 10.0. The fraction of sp³-hybridized carbons (Fsp3) is 0.464. The number of fused-ring (bicyclic) bond motifs is 1. The zero-order valence-electron chi connectivity index (χ0n) is 21.6. The minimum absolute atomic E-state index is 0.0225. The predicted octanol–water partition coefficient (Wildman–Crippen LogP) is 3.61. The minimum atomic E-state index is -0.447. The summed E-state index contributed by atoms with van der Waals surface area (Å²) >= 11 is 0. The Bertz CT molecular complexity index is 1310. The van der Waals surface area contributed by atoms with Crippen LogP contribution in [0.25, 0.3) is 10.9 Å². The van der Waals surface area contributed by atoms with Gasteiger partial charge < -0.3 is 25.4 Å². The number of benzene rings is 1. The molecule has 1 saturated carbocycles. The van der Waals surface area contributed by atoms with E-state index >= 15 is 0 Å². The molecule has 1 amide bonds. The van der Waals surface area contributed by atoms with E-state index in [9.17, 15) is 14.3 Å². The molecule has 3 heterocycles. The van der Waals surface area contributed by atoms with Crippen LogP contribution in [0.2, 0.25) is 0 Å². The zero-order chi connectivity index (χ0) is 26.1. The number of carbonyl (C=O) groups is 1. The molecule has 2 atom stereocenters. The Balaban J connectivity index is 1.55. The van der Waals surface area contributed by atoms with Crippen molar-refractivity contribution in [2.75, 3.05) is 38.3 Å². The van der Waals surface area contributed by atoms with Crippen LogP contribution in [0.15, 0.2) is 30.5 Å². The Morgan fingerprint density at radius 2 is 2.11 bits per heavy atom. The van der Waals surface area contributed by atoms with Crippen molar-refractivity contribution in [1.82, 2.24) is 20.6 Å². The number of amides is 1. The Morgan fingerprint density at radius 1 is 1.30 bits per heavy atom. The molecule has 1 unspecified atom stereocenters. The number of nitrogens with zero attached hydrogens (tertiary/aromatic N) is 3. The van der Waals surface area contributed by atoms with E-state index in [-0.39, 0.29) is 30.3 Å². The minimum Gasteiger partial charge on any atom is -0.494 e. The lowest BCUT2D eigenvalue weighted by molar-refractivity contribution is 0.0940. The number of aromatic nitrogens is 2. The lowest BCUT2D eigenvalue weighted by atomic mass is 10.0. The average molecular weight is 508 g/mol. The van der Waals surface area contributed by atoms with Crippen LogP contribution in [0.4, 0.5) is 10.1 Å². The van der Waals surface area contributed by atoms with Crippen LogP contribution in [-0.2, 0) is 0 Å². The van der Waals surface area contributed by atoms with Crippen molar-refractivity contribution in [2.45, 2.75) is 51.1 Å². The number of hydrogen-bond acceptors (Lipinski definition) is 7. The van der Waals surface area contributed by atoms with Gasteiger partial charge in [-0.2, -0.15) is 0 Å². The largest absolute Gasteiger partial charge is 0.494 e. The van der Waals surface area contributed by atoms with Gasteiger partial charge in [-0.1, -0.05) is 6.07 Å². The zero-order valence-corrected chi connectivity index (χ0v) is 21.6. The fourth-order valence-electron chi connectivity index (χ4n) is 5.10. The maximum atomic E-state index is 13.9. The second-order valence-electron chi connectivity index (χ2n) is 10.0. The Labute approximate surface area is 216 Å². The van der Waals surface area contributed by atoms with E-state index in [1.54, 1.807) is 18.3 Å². The molecule has 9 heteroatoms. The van der Waals surface area contributed by atoms with Gasteiger partial charge in [0.2, 0.25) is 0 Å². The van der Waals surface area contributed by atoms with Crippen molar-refractivity contribution in [1.29, 1.82) is 0 Å². The average Bonchev–Trinajstić information content (AvgIpc) is 3.75. The van der Waals surface area contributed by atoms with Gasteiger partial charge in [-0.25, -0.2) is 4.39 Å². The monoisotopic (exact) mass is 507 g/mol. The molecule has 1 aromatic carbocycles. The molecule has 3 N–H and O–H groups in total. The number of aliphatic hydroxyl groups is 1. The summed E-state index contributed by atoms with van der Waals surface area (Å²) in [5.74, 6) is -0.144. The lowest BCUT2D eigenvalue weighted by Gasteiger charge is -2.27. The number of nitrogens with one attached hydrogen (secondary N) is 2. The quantitative estimate of drug-likeness (QED) is 0.449. The molecule has 1 aliphatic heterocycles. The van der Waals surface area contributed by atoms with E-state index in [1.807, 2.05) is 19.9 Å². The first-order valence-corrected chi connectivity index (χ1v) is 12.9. The summed E-state index contributed by atoms with van der Waals surface area (Å²) in [6.07, 6.45) is 4.63. The first-order chi connectivity index (χ1) is 17.9. The molecule has 0 bridgehead atoms. The van der Waals surface area contributed by atoms with Gasteiger partial charge in [0.05, 0.1) is 42.2 Å². The summed E-state index contributed by atoms with van der Waals surface area (Å²) in [5, 5.41) is 17.1. The number of rotatable bonds is 7. The van der Waals surface area contributed by atoms with Crippen LogP contribution in [0.5, 0.6) is 5.75 Å². The molecule has 0 spiro atoms. The third-order valence-corrected chi connectivity index (χ3v) is 7.31. The molecule has 3 aromatic rings. The molecule has 2 fully saturated rings. The molecule has 37 heavy (non-hydrogen) atoms. The van der Waals surface area contributed by atoms with Crippen molar-refractivity contribution in [2.24, 2.45) is 0 Å². The van der Waals surface area contributed by atoms with Crippen LogP contribution in [0.1, 0.15) is 65.5 Å². The van der Waals surface area contributed by atoms with Crippen molar-refractivity contribution < 1.29 is 19.0 Å². The maximum Gasteiger partial charge on any atom is 0.255 e. The first-order valence-electron chi connectivity index (χ1n) is 12.9. The third kappa shape index (κ3) is 5.24. The van der Waals surface area contributed by atoms with Gasteiger partial charge in [0, 0.05) is 48.9 Å². The van der Waals surface area contributed by atoms with Gasteiger partial charge in [-0.05, 0) is 56.9 Å². The Hall–Kier alpha value is -3.30. The number of aryl methyl sites for hydroxylation is 1. The van der Waals surface area contributed by atoms with E-state index in [2.05, 4.69) is 15.5 Å². The van der Waals surface area contributed by atoms with Gasteiger partial charge in [-0.3, -0.25) is 14.8 Å². The second kappa shape index (κ2) is 10.6. The summed E-state index contributed by atoms with van der Waals surface area (Å²) < 4.78 is 19.0. The van der Waals surface area contributed by atoms with E-state index in [0.717, 1.165) is 52.8 Å². The van der Waals surface area contributed by atoms with Crippen LogP contribution in [-0.4, -0.2) is 60.4 Å². The van der Waals surface area contributed by atoms with Crippen molar-refractivity contribution in [3.8, 4) is 5.75 Å². The summed E-state index contributed by atoms with van der Waals surface area (Å²) in [6.45, 7) is 6.01. The highest BCUT2D eigenvalue weighted by molar-refractivity contribution is 6.08. The van der Waals surface area contributed by atoms with Crippen LogP contribution in [0, 0.1) is 12.7 Å². The predicted molar refractivity (Wildman–Crippen MR) is 141 cm³/mol. The Kier molecular flexibility index (Phi) is 7.26. The number of aliphatic hydroxyl groups excluding tert-OH is 1. The first kappa shape index (κ1) is 25.4. The van der Waals surface area contributed by atoms with Gasteiger partial charge >= 0.3 is 0 Å². The molecule has 1 aliphatic carbocycles. The highest BCUT2D eigenvalue weighted by Gasteiger charge is 2.31. The van der Waals surface area contributed by atoms with Gasteiger partial charge in [0.15, 0.2) is 11.6 Å². The standard InChI is InChI=1S/C28H34FN5O3/c1-16-12-21-26(25(32-16)18-4-5-18)31-14-22(27(21)34-10-8-20(15-35)30-9-11-34)28(36)33-17(2)19-6-7-23(29)24(13-19)37-3/h6-7,12-14,17-18,20,30,35H,4-5,8-11,15H2,1-3H3,(H,33,36)/t17-,20?/m0/s1. The number of ether oxygens (including phenoxy) is 1. The van der Waals surface area contributed by atoms with Gasteiger partial charge in [0.25, 0.3) is 5.91 Å². The molecule has 5 rings (SSSR count). The molecule has 196 valence electrons. The molecule has 2 aromatic heterocycles. The SMILES string of the molecule is COc1cc([C@H](C)NC(=O)c2cnc3c(C4CC4)nc(C)cc3c2N2CCNC(CO)CC2)ccc1F. The summed E-state index contributed by atoms with van der Waals surface area (Å²) in [4.78, 5) is 25.5. The molecule has 0 radical (unpaired) electrons. The van der Waals surface area contributed by atoms with E-state index < -0.39 is 5.82 Å². The van der Waals surface area contributed by atoms with Crippen molar-refractivity contribution >= 4 is 22.5 Å². The smallest absolute Gasteiger partial charge is 0.255 e. The Morgan fingerprint density at radius 3 is 2.84 bits per heavy atom. The van der Waals surface area contributed by atoms with E-state index in [0.29, 0.717) is 31.1 Å². The number of carbonyl (C=O) groups excluding carboxylic acids is 1. The highest BCUT2D eigenvalue weighted by Crippen LogP contribution is 2.43. The molecule has 8 nitrogen and oxygen atoms in total. The van der Waals surface area contributed by atoms with Crippen LogP contribution >= 0.6 is 0 Å². The van der Waals surface area contributed by atoms with E-state index in [4.69, 9.17) is 14.7 Å². The molecule has 2 aliphatic rings. The van der Waals surface area contributed by atoms with Crippen LogP contribution in [0.3, 0.4) is 0 Å². The lowest BCUT2D eigenvalue weighted by Crippen LogP contribution is -2.33. The number of anilines is 1. The number of hydrogen-bond donors (Lipinski definition) is 3. The van der Waals surface area contributed by atoms with Gasteiger partial charge in [0.1, 0.15) is 0 Å². The normalized spacial score (nSPS) is 18.9. The number of pyridine rings is 2.